The van der Waals surface area contributed by atoms with Crippen LogP contribution >= 0.6 is 34.8 Å². The number of carbonyl (C=O) groups is 1. The molecule has 28 heavy (non-hydrogen) atoms. The van der Waals surface area contributed by atoms with Crippen molar-refractivity contribution < 1.29 is 4.79 Å². The Bertz CT molecular complexity index is 990. The van der Waals surface area contributed by atoms with E-state index in [9.17, 15) is 4.79 Å². The lowest BCUT2D eigenvalue weighted by atomic mass is 10.2. The van der Waals surface area contributed by atoms with E-state index in [1.54, 1.807) is 18.2 Å². The number of carbonyl (C=O) groups excluding carboxylic acids is 1. The van der Waals surface area contributed by atoms with Crippen molar-refractivity contribution in [2.24, 2.45) is 0 Å². The zero-order valence-electron chi connectivity index (χ0n) is 15.1. The molecular weight excluding hydrogens is 415 g/mol. The molecule has 1 heterocycles. The standard InChI is InChI=1S/C22H19Cl3N2O/c23-17-10-16(11-18(24)12-17)22(28)27(19-7-8-19)14-20-5-3-9-26(20)13-15-4-1-2-6-21(15)25/h1-6,9-12,19H,7-8,13-14H2. The topological polar surface area (TPSA) is 25.2 Å². The van der Waals surface area contributed by atoms with Crippen LogP contribution in [0.5, 0.6) is 0 Å². The number of hydrogen-bond donors (Lipinski definition) is 0. The first-order valence-electron chi connectivity index (χ1n) is 9.16. The van der Waals surface area contributed by atoms with Gasteiger partial charge in [0.05, 0.1) is 6.54 Å². The molecule has 1 aliphatic rings. The minimum Gasteiger partial charge on any atom is -0.345 e. The quantitative estimate of drug-likeness (QED) is 0.448. The number of hydrogen-bond acceptors (Lipinski definition) is 1. The molecule has 0 spiro atoms. The van der Waals surface area contributed by atoms with Gasteiger partial charge < -0.3 is 9.47 Å². The van der Waals surface area contributed by atoms with Gasteiger partial charge in [-0.05, 0) is 54.8 Å². The minimum atomic E-state index is -0.0441. The van der Waals surface area contributed by atoms with Crippen molar-refractivity contribution in [3.63, 3.8) is 0 Å². The average molecular weight is 434 g/mol. The Morgan fingerprint density at radius 1 is 1.00 bits per heavy atom. The second kappa shape index (κ2) is 8.20. The molecule has 6 heteroatoms. The molecular formula is C22H19Cl3N2O. The normalized spacial score (nSPS) is 13.5. The summed E-state index contributed by atoms with van der Waals surface area (Å²) in [6.07, 6.45) is 4.06. The molecule has 4 rings (SSSR count). The Balaban J connectivity index is 1.57. The fourth-order valence-electron chi connectivity index (χ4n) is 3.33. The van der Waals surface area contributed by atoms with Crippen molar-refractivity contribution in [1.82, 2.24) is 9.47 Å². The molecule has 3 nitrogen and oxygen atoms in total. The van der Waals surface area contributed by atoms with Gasteiger partial charge in [0.2, 0.25) is 0 Å². The maximum atomic E-state index is 13.2. The summed E-state index contributed by atoms with van der Waals surface area (Å²) in [6.45, 7) is 1.20. The molecule has 0 bridgehead atoms. The molecule has 0 atom stereocenters. The lowest BCUT2D eigenvalue weighted by Crippen LogP contribution is -2.33. The van der Waals surface area contributed by atoms with Gasteiger partial charge in [-0.15, -0.1) is 0 Å². The van der Waals surface area contributed by atoms with Crippen molar-refractivity contribution in [2.75, 3.05) is 0 Å². The number of amides is 1. The molecule has 1 fully saturated rings. The monoisotopic (exact) mass is 432 g/mol. The van der Waals surface area contributed by atoms with E-state index in [1.165, 1.54) is 0 Å². The van der Waals surface area contributed by atoms with Gasteiger partial charge in [0.15, 0.2) is 0 Å². The maximum absolute atomic E-state index is 13.2. The fourth-order valence-corrected chi connectivity index (χ4v) is 4.05. The molecule has 0 N–H and O–H groups in total. The summed E-state index contributed by atoms with van der Waals surface area (Å²) in [6, 6.07) is 17.1. The molecule has 0 unspecified atom stereocenters. The zero-order valence-corrected chi connectivity index (χ0v) is 17.4. The Hall–Kier alpha value is -1.94. The summed E-state index contributed by atoms with van der Waals surface area (Å²) in [5.41, 5.74) is 2.63. The zero-order chi connectivity index (χ0) is 19.7. The second-order valence-electron chi connectivity index (χ2n) is 7.04. The number of halogens is 3. The number of rotatable bonds is 6. The summed E-state index contributed by atoms with van der Waals surface area (Å²) in [4.78, 5) is 15.1. The molecule has 1 aliphatic carbocycles. The Morgan fingerprint density at radius 2 is 1.71 bits per heavy atom. The molecule has 144 valence electrons. The van der Waals surface area contributed by atoms with Crippen LogP contribution in [0.4, 0.5) is 0 Å². The summed E-state index contributed by atoms with van der Waals surface area (Å²) >= 11 is 18.5. The van der Waals surface area contributed by atoms with Gasteiger partial charge in [-0.2, -0.15) is 0 Å². The Labute approximate surface area is 179 Å². The lowest BCUT2D eigenvalue weighted by Gasteiger charge is -2.24. The number of nitrogens with zero attached hydrogens (tertiary/aromatic N) is 2. The smallest absolute Gasteiger partial charge is 0.254 e. The van der Waals surface area contributed by atoms with Gasteiger partial charge in [-0.25, -0.2) is 0 Å². The van der Waals surface area contributed by atoms with Crippen LogP contribution in [0, 0.1) is 0 Å². The van der Waals surface area contributed by atoms with Crippen molar-refractivity contribution in [3.05, 3.63) is 92.7 Å². The lowest BCUT2D eigenvalue weighted by molar-refractivity contribution is 0.0726. The van der Waals surface area contributed by atoms with Gasteiger partial charge in [-0.3, -0.25) is 4.79 Å². The largest absolute Gasteiger partial charge is 0.345 e. The highest BCUT2D eigenvalue weighted by molar-refractivity contribution is 6.35. The van der Waals surface area contributed by atoms with Crippen LogP contribution in [0.1, 0.15) is 34.5 Å². The highest BCUT2D eigenvalue weighted by atomic mass is 35.5. The summed E-state index contributed by atoms with van der Waals surface area (Å²) in [5.74, 6) is -0.0441. The van der Waals surface area contributed by atoms with Crippen molar-refractivity contribution in [3.8, 4) is 0 Å². The molecule has 1 aromatic heterocycles. The first-order valence-corrected chi connectivity index (χ1v) is 10.3. The molecule has 1 saturated carbocycles. The first-order chi connectivity index (χ1) is 13.5. The van der Waals surface area contributed by atoms with Crippen molar-refractivity contribution in [1.29, 1.82) is 0 Å². The van der Waals surface area contributed by atoms with Gasteiger partial charge in [-0.1, -0.05) is 53.0 Å². The highest BCUT2D eigenvalue weighted by Gasteiger charge is 2.33. The predicted molar refractivity (Wildman–Crippen MR) is 114 cm³/mol. The van der Waals surface area contributed by atoms with Crippen LogP contribution in [-0.4, -0.2) is 21.4 Å². The van der Waals surface area contributed by atoms with E-state index in [0.29, 0.717) is 28.7 Å². The third kappa shape index (κ3) is 4.38. The minimum absolute atomic E-state index is 0.0441. The predicted octanol–water partition coefficient (Wildman–Crippen LogP) is 6.30. The van der Waals surface area contributed by atoms with E-state index >= 15 is 0 Å². The van der Waals surface area contributed by atoms with E-state index in [-0.39, 0.29) is 11.9 Å². The van der Waals surface area contributed by atoms with Crippen LogP contribution < -0.4 is 0 Å². The van der Waals surface area contributed by atoms with Crippen molar-refractivity contribution >= 4 is 40.7 Å². The molecule has 0 saturated heterocycles. The molecule has 1 amide bonds. The van der Waals surface area contributed by atoms with E-state index in [2.05, 4.69) is 4.57 Å². The van der Waals surface area contributed by atoms with E-state index < -0.39 is 0 Å². The fraction of sp³-hybridized carbons (Fsp3) is 0.227. The van der Waals surface area contributed by atoms with Gasteiger partial charge >= 0.3 is 0 Å². The van der Waals surface area contributed by atoms with E-state index in [4.69, 9.17) is 34.8 Å². The highest BCUT2D eigenvalue weighted by Crippen LogP contribution is 2.31. The summed E-state index contributed by atoms with van der Waals surface area (Å²) in [5, 5.41) is 1.67. The third-order valence-corrected chi connectivity index (χ3v) is 5.72. The Morgan fingerprint density at radius 3 is 2.39 bits per heavy atom. The van der Waals surface area contributed by atoms with Crippen LogP contribution in [0.15, 0.2) is 60.8 Å². The van der Waals surface area contributed by atoms with Crippen LogP contribution in [-0.2, 0) is 13.1 Å². The maximum Gasteiger partial charge on any atom is 0.254 e. The summed E-state index contributed by atoms with van der Waals surface area (Å²) in [7, 11) is 0. The van der Waals surface area contributed by atoms with E-state index in [1.807, 2.05) is 47.5 Å². The van der Waals surface area contributed by atoms with Crippen LogP contribution in [0.3, 0.4) is 0 Å². The average Bonchev–Trinajstić information content (AvgIpc) is 3.41. The van der Waals surface area contributed by atoms with Gasteiger partial charge in [0.1, 0.15) is 0 Å². The Kier molecular flexibility index (Phi) is 5.68. The number of benzene rings is 2. The summed E-state index contributed by atoms with van der Waals surface area (Å²) < 4.78 is 2.13. The molecule has 0 radical (unpaired) electrons. The van der Waals surface area contributed by atoms with Crippen molar-refractivity contribution in [2.45, 2.75) is 32.0 Å². The van der Waals surface area contributed by atoms with E-state index in [0.717, 1.165) is 29.1 Å². The van der Waals surface area contributed by atoms with Gasteiger partial charge in [0.25, 0.3) is 5.91 Å². The molecule has 3 aromatic rings. The molecule has 2 aromatic carbocycles. The van der Waals surface area contributed by atoms with Crippen LogP contribution in [0.25, 0.3) is 0 Å². The number of aromatic nitrogens is 1. The van der Waals surface area contributed by atoms with Crippen LogP contribution in [0.2, 0.25) is 15.1 Å². The second-order valence-corrected chi connectivity index (χ2v) is 8.32. The molecule has 0 aliphatic heterocycles. The van der Waals surface area contributed by atoms with Gasteiger partial charge in [0, 0.05) is 45.1 Å². The third-order valence-electron chi connectivity index (χ3n) is 4.91. The first kappa shape index (κ1) is 19.4. The SMILES string of the molecule is O=C(c1cc(Cl)cc(Cl)c1)N(Cc1cccn1Cc1ccccc1Cl)C1CC1.